The Morgan fingerprint density at radius 1 is 0.280 bits per heavy atom. The average molecular weight is 669 g/mol. The molecule has 0 radical (unpaired) electrons. The van der Waals surface area contributed by atoms with Crippen LogP contribution in [0.4, 0.5) is 0 Å². The average Bonchev–Trinajstić information content (AvgIpc) is 3.75. The molecule has 9 aromatic carbocycles. The van der Waals surface area contributed by atoms with Gasteiger partial charge >= 0.3 is 0 Å². The van der Waals surface area contributed by atoms with Gasteiger partial charge in [-0.25, -0.2) is 0 Å². The smallest absolute Gasteiger partial charge is 0.0448 e. The zero-order valence-electron chi connectivity index (χ0n) is 27.0. The van der Waals surface area contributed by atoms with Crippen LogP contribution in [0.2, 0.25) is 0 Å². The summed E-state index contributed by atoms with van der Waals surface area (Å²) in [5.41, 5.74) is 7.63. The minimum atomic E-state index is 1.24. The summed E-state index contributed by atoms with van der Waals surface area (Å²) < 4.78 is 5.44. The molecule has 2 heteroatoms. The zero-order chi connectivity index (χ0) is 32.8. The molecule has 50 heavy (non-hydrogen) atoms. The molecule has 0 fully saturated rings. The Labute approximate surface area is 297 Å². The summed E-state index contributed by atoms with van der Waals surface area (Å²) in [6.07, 6.45) is 0. The molecule has 0 saturated carbocycles. The third-order valence-electron chi connectivity index (χ3n) is 10.5. The van der Waals surface area contributed by atoms with E-state index < -0.39 is 0 Å². The maximum Gasteiger partial charge on any atom is 0.0448 e. The summed E-state index contributed by atoms with van der Waals surface area (Å²) in [4.78, 5) is 0. The first kappa shape index (κ1) is 28.1. The number of rotatable bonds is 3. The van der Waals surface area contributed by atoms with Crippen LogP contribution in [0.5, 0.6) is 0 Å². The van der Waals surface area contributed by atoms with Gasteiger partial charge in [-0.2, -0.15) is 0 Å². The molecular weight excluding hydrogens is 641 g/mol. The lowest BCUT2D eigenvalue weighted by Gasteiger charge is -2.19. The van der Waals surface area contributed by atoms with Crippen LogP contribution >= 0.6 is 22.7 Å². The number of hydrogen-bond acceptors (Lipinski definition) is 2. The van der Waals surface area contributed by atoms with Crippen molar-refractivity contribution >= 4 is 95.3 Å². The lowest BCUT2D eigenvalue weighted by atomic mass is 9.84. The van der Waals surface area contributed by atoms with E-state index in [4.69, 9.17) is 0 Å². The monoisotopic (exact) mass is 668 g/mol. The largest absolute Gasteiger partial charge is 0.135 e. The molecule has 0 unspecified atom stereocenters. The van der Waals surface area contributed by atoms with Gasteiger partial charge in [0, 0.05) is 40.3 Å². The van der Waals surface area contributed by atoms with Crippen molar-refractivity contribution in [3.8, 4) is 33.4 Å². The van der Waals surface area contributed by atoms with E-state index in [0.29, 0.717) is 0 Å². The van der Waals surface area contributed by atoms with Crippen LogP contribution in [0.3, 0.4) is 0 Å². The molecule has 0 aliphatic carbocycles. The molecule has 0 spiro atoms. The van der Waals surface area contributed by atoms with Crippen LogP contribution in [0.1, 0.15) is 0 Å². The molecule has 11 aromatic rings. The molecule has 2 aromatic heterocycles. The molecule has 232 valence electrons. The molecule has 0 amide bonds. The second kappa shape index (κ2) is 10.9. The molecule has 0 aliphatic rings. The normalized spacial score (nSPS) is 12.0. The van der Waals surface area contributed by atoms with Gasteiger partial charge in [-0.3, -0.25) is 0 Å². The first-order chi connectivity index (χ1) is 24.8. The Morgan fingerprint density at radius 2 is 0.840 bits per heavy atom. The maximum atomic E-state index is 2.44. The highest BCUT2D eigenvalue weighted by atomic mass is 32.1. The van der Waals surface area contributed by atoms with Gasteiger partial charge in [-0.15, -0.1) is 22.7 Å². The fourth-order valence-electron chi connectivity index (χ4n) is 8.31. The summed E-state index contributed by atoms with van der Waals surface area (Å²) >= 11 is 3.83. The van der Waals surface area contributed by atoms with Crippen molar-refractivity contribution in [3.63, 3.8) is 0 Å². The second-order valence-corrected chi connectivity index (χ2v) is 15.3. The molecule has 0 N–H and O–H groups in total. The highest BCUT2D eigenvalue weighted by Gasteiger charge is 2.20. The van der Waals surface area contributed by atoms with Crippen molar-refractivity contribution < 1.29 is 0 Å². The third kappa shape index (κ3) is 4.04. The minimum Gasteiger partial charge on any atom is -0.135 e. The van der Waals surface area contributed by atoms with E-state index in [0.717, 1.165) is 0 Å². The fourth-order valence-corrected chi connectivity index (χ4v) is 10.8. The number of hydrogen-bond donors (Lipinski definition) is 0. The Morgan fingerprint density at radius 3 is 1.56 bits per heavy atom. The van der Waals surface area contributed by atoms with E-state index in [2.05, 4.69) is 170 Å². The summed E-state index contributed by atoms with van der Waals surface area (Å²) in [5, 5.41) is 13.1. The highest BCUT2D eigenvalue weighted by Crippen LogP contribution is 2.49. The van der Waals surface area contributed by atoms with Gasteiger partial charge in [0.25, 0.3) is 0 Å². The number of benzene rings is 9. The third-order valence-corrected chi connectivity index (χ3v) is 12.8. The van der Waals surface area contributed by atoms with Crippen LogP contribution < -0.4 is 0 Å². The van der Waals surface area contributed by atoms with Crippen LogP contribution in [0.15, 0.2) is 170 Å². The van der Waals surface area contributed by atoms with Gasteiger partial charge in [0.1, 0.15) is 0 Å². The van der Waals surface area contributed by atoms with Gasteiger partial charge in [0.05, 0.1) is 0 Å². The molecule has 2 heterocycles. The molecule has 0 nitrogen and oxygen atoms in total. The van der Waals surface area contributed by atoms with E-state index in [-0.39, 0.29) is 0 Å². The van der Waals surface area contributed by atoms with Crippen molar-refractivity contribution in [3.05, 3.63) is 170 Å². The summed E-state index contributed by atoms with van der Waals surface area (Å²) in [6, 6.07) is 63.0. The molecule has 0 saturated heterocycles. The summed E-state index contributed by atoms with van der Waals surface area (Å²) in [5.74, 6) is 0. The molecule has 0 aliphatic heterocycles. The zero-order valence-corrected chi connectivity index (χ0v) is 28.6. The molecule has 11 rings (SSSR count). The Balaban J connectivity index is 1.18. The molecular formula is C48H28S2. The summed E-state index contributed by atoms with van der Waals surface area (Å²) in [6.45, 7) is 0. The van der Waals surface area contributed by atoms with Gasteiger partial charge in [-0.05, 0) is 83.9 Å². The lowest BCUT2D eigenvalue weighted by Crippen LogP contribution is -1.92. The standard InChI is InChI=1S/C48H28S2/c1-2-12-29(13-3-1)31-24-25-39(33-15-5-4-14-32(31)33)46-37-18-8-6-16-35(37)45(36-17-7-9-19-38(36)46)30-22-23-34-40-26-27-43-47(48(40)50-44(34)28-30)41-20-10-11-21-42(41)49-43/h1-28H. The first-order valence-corrected chi connectivity index (χ1v) is 18.7. The van der Waals surface area contributed by atoms with E-state index in [1.807, 2.05) is 22.7 Å². The van der Waals surface area contributed by atoms with Crippen LogP contribution in [0, 0.1) is 0 Å². The first-order valence-electron chi connectivity index (χ1n) is 17.1. The Kier molecular flexibility index (Phi) is 6.09. The van der Waals surface area contributed by atoms with Crippen LogP contribution in [0.25, 0.3) is 106 Å². The minimum absolute atomic E-state index is 1.24. The Hall–Kier alpha value is -5.80. The predicted molar refractivity (Wildman–Crippen MR) is 221 cm³/mol. The van der Waals surface area contributed by atoms with Gasteiger partial charge in [-0.1, -0.05) is 152 Å². The maximum absolute atomic E-state index is 2.44. The Bertz CT molecular complexity index is 3080. The van der Waals surface area contributed by atoms with E-state index >= 15 is 0 Å². The van der Waals surface area contributed by atoms with Gasteiger partial charge < -0.3 is 0 Å². The van der Waals surface area contributed by atoms with E-state index in [9.17, 15) is 0 Å². The summed E-state index contributed by atoms with van der Waals surface area (Å²) in [7, 11) is 0. The van der Waals surface area contributed by atoms with Crippen molar-refractivity contribution in [1.82, 2.24) is 0 Å². The van der Waals surface area contributed by atoms with Gasteiger partial charge in [0.2, 0.25) is 0 Å². The molecule has 0 bridgehead atoms. The predicted octanol–water partition coefficient (Wildman–Crippen LogP) is 14.9. The van der Waals surface area contributed by atoms with Gasteiger partial charge in [0.15, 0.2) is 0 Å². The fraction of sp³-hybridized carbons (Fsp3) is 0. The van der Waals surface area contributed by atoms with E-state index in [1.165, 1.54) is 106 Å². The SMILES string of the molecule is c1ccc(-c2ccc(-c3c4ccccc4c(-c4ccc5c(c4)sc4c5ccc5sc6ccccc6c54)c4ccccc34)c3ccccc23)cc1. The van der Waals surface area contributed by atoms with E-state index in [1.54, 1.807) is 0 Å². The van der Waals surface area contributed by atoms with Crippen molar-refractivity contribution in [2.45, 2.75) is 0 Å². The lowest BCUT2D eigenvalue weighted by molar-refractivity contribution is 1.64. The van der Waals surface area contributed by atoms with Crippen LogP contribution in [-0.2, 0) is 0 Å². The quantitative estimate of drug-likeness (QED) is 0.164. The van der Waals surface area contributed by atoms with Crippen molar-refractivity contribution in [1.29, 1.82) is 0 Å². The van der Waals surface area contributed by atoms with Crippen molar-refractivity contribution in [2.24, 2.45) is 0 Å². The van der Waals surface area contributed by atoms with Crippen molar-refractivity contribution in [2.75, 3.05) is 0 Å². The number of thiophene rings is 2. The topological polar surface area (TPSA) is 0 Å². The number of fused-ring (bicyclic) bond motifs is 10. The highest BCUT2D eigenvalue weighted by molar-refractivity contribution is 7.29. The molecule has 0 atom stereocenters. The van der Waals surface area contributed by atoms with Crippen LogP contribution in [-0.4, -0.2) is 0 Å². The second-order valence-electron chi connectivity index (χ2n) is 13.1.